The van der Waals surface area contributed by atoms with E-state index in [1.807, 2.05) is 47.4 Å². The Bertz CT molecular complexity index is 2550. The third-order valence-corrected chi connectivity index (χ3v) is 13.1. The summed E-state index contributed by atoms with van der Waals surface area (Å²) in [7, 11) is 0. The highest BCUT2D eigenvalue weighted by molar-refractivity contribution is 5.98. The third kappa shape index (κ3) is 19.8. The number of nitrogens with one attached hydrogen (secondary N) is 4. The number of nitrogens with zero attached hydrogens (tertiary/aromatic N) is 5. The van der Waals surface area contributed by atoms with Gasteiger partial charge in [-0.15, -0.1) is 0 Å². The zero-order valence-corrected chi connectivity index (χ0v) is 42.1. The van der Waals surface area contributed by atoms with E-state index in [0.717, 1.165) is 21.9 Å². The molecule has 5 rings (SSSR count). The minimum absolute atomic E-state index is 0.0607. The maximum absolute atomic E-state index is 14.1. The minimum atomic E-state index is -1.56. The van der Waals surface area contributed by atoms with Crippen LogP contribution in [0.3, 0.4) is 0 Å². The summed E-state index contributed by atoms with van der Waals surface area (Å²) in [6, 6.07) is 13.3. The molecule has 5 amide bonds. The Labute approximate surface area is 437 Å². The van der Waals surface area contributed by atoms with Gasteiger partial charge >= 0.3 is 41.8 Å². The van der Waals surface area contributed by atoms with E-state index in [4.69, 9.17) is 5.11 Å². The van der Waals surface area contributed by atoms with Crippen LogP contribution in [-0.2, 0) is 57.7 Å². The number of urea groups is 1. The normalized spacial score (nSPS) is 16.3. The summed E-state index contributed by atoms with van der Waals surface area (Å²) in [6.07, 6.45) is -0.0244. The molecular weight excluding hydrogens is 995 g/mol. The van der Waals surface area contributed by atoms with Gasteiger partial charge < -0.3 is 56.8 Å². The van der Waals surface area contributed by atoms with Crippen LogP contribution in [0.5, 0.6) is 0 Å². The van der Waals surface area contributed by atoms with Gasteiger partial charge in [0.25, 0.3) is 5.91 Å². The fourth-order valence-electron chi connectivity index (χ4n) is 8.99. The number of amides is 5. The van der Waals surface area contributed by atoms with Gasteiger partial charge in [-0.05, 0) is 71.7 Å². The first-order chi connectivity index (χ1) is 36.2. The molecule has 3 atom stereocenters. The van der Waals surface area contributed by atoms with Crippen LogP contribution in [0, 0.1) is 0 Å². The van der Waals surface area contributed by atoms with E-state index in [2.05, 4.69) is 21.3 Å². The molecule has 3 aromatic rings. The number of carboxylic acids is 6. The van der Waals surface area contributed by atoms with Gasteiger partial charge in [-0.2, -0.15) is 0 Å². The van der Waals surface area contributed by atoms with E-state index in [1.165, 1.54) is 0 Å². The zero-order chi connectivity index (χ0) is 55.3. The van der Waals surface area contributed by atoms with E-state index >= 15 is 0 Å². The molecule has 0 bridgehead atoms. The maximum Gasteiger partial charge on any atom is 0.326 e. The van der Waals surface area contributed by atoms with Gasteiger partial charge in [0.2, 0.25) is 11.8 Å². The number of carbonyl (C=O) groups is 10. The van der Waals surface area contributed by atoms with Gasteiger partial charge in [0.1, 0.15) is 18.1 Å². The van der Waals surface area contributed by atoms with Crippen molar-refractivity contribution in [3.05, 3.63) is 82.9 Å². The second-order valence-corrected chi connectivity index (χ2v) is 18.9. The Morgan fingerprint density at radius 1 is 0.513 bits per heavy atom. The molecule has 0 radical (unpaired) electrons. The SMILES string of the molecule is O=C(O)CC[C@H](NC(=O)N[C@@H](CCCCNC(=O)[C@H](Cc1ccc2ccccc2c1)NC(=O)c1ccc2c(c1)CN(C(=O)CN1CCN(CC(=O)O)CCN(CC(=O)O)CCN(CC(=O)O)CC1)CC2)C(=O)O)C(=O)O. The Kier molecular flexibility index (Phi) is 22.9. The Hall–Kier alpha value is -7.74. The molecule has 1 saturated heterocycles. The van der Waals surface area contributed by atoms with E-state index in [9.17, 15) is 73.5 Å². The standard InChI is InChI=1S/C51H67N9O16/c61-42(29-56-17-19-57(30-44(64)65)21-23-59(32-46(68)69)24-22-58(20-18-56)31-45(66)67)60-16-14-35-10-11-37(27-38(35)28-60)47(70)53-41(26-33-8-9-34-5-1-2-6-36(34)25-33)48(71)52-15-4-3-7-39(49(72)73)54-51(76)55-40(50(74)75)12-13-43(62)63/h1-2,5-6,8-11,25,27,39-41H,3-4,7,12-24,26,28-32H2,(H,52,71)(H,53,70)(H,62,63)(H,64,65)(H,66,67)(H,68,69)(H,72,73)(H,74,75)(H2,54,55,76)/t39-,40-,41-/m0/s1. The van der Waals surface area contributed by atoms with Gasteiger partial charge in [-0.25, -0.2) is 14.4 Å². The molecule has 2 aliphatic heterocycles. The molecule has 0 saturated carbocycles. The first-order valence-corrected chi connectivity index (χ1v) is 25.0. The summed E-state index contributed by atoms with van der Waals surface area (Å²) < 4.78 is 0. The van der Waals surface area contributed by atoms with Crippen molar-refractivity contribution in [3.8, 4) is 0 Å². The van der Waals surface area contributed by atoms with E-state index in [-0.39, 0.29) is 129 Å². The van der Waals surface area contributed by atoms with Gasteiger partial charge in [-0.1, -0.05) is 48.5 Å². The van der Waals surface area contributed by atoms with E-state index in [0.29, 0.717) is 18.5 Å². The van der Waals surface area contributed by atoms with Gasteiger partial charge in [0.15, 0.2) is 0 Å². The lowest BCUT2D eigenvalue weighted by Gasteiger charge is -2.34. The number of carboxylic acid groups (broad SMARTS) is 6. The molecule has 2 heterocycles. The molecule has 0 unspecified atom stereocenters. The van der Waals surface area contributed by atoms with Crippen LogP contribution < -0.4 is 21.3 Å². The van der Waals surface area contributed by atoms with Crippen LogP contribution in [0.25, 0.3) is 10.8 Å². The minimum Gasteiger partial charge on any atom is -0.481 e. The highest BCUT2D eigenvalue weighted by Crippen LogP contribution is 2.22. The Morgan fingerprint density at radius 3 is 1.59 bits per heavy atom. The number of carbonyl (C=O) groups excluding carboxylic acids is 4. The number of unbranched alkanes of at least 4 members (excludes halogenated alkanes) is 1. The quantitative estimate of drug-likeness (QED) is 0.0495. The van der Waals surface area contributed by atoms with Gasteiger partial charge in [0.05, 0.1) is 26.2 Å². The molecule has 1 fully saturated rings. The second kappa shape index (κ2) is 29.4. The van der Waals surface area contributed by atoms with Crippen LogP contribution >= 0.6 is 0 Å². The lowest BCUT2D eigenvalue weighted by molar-refractivity contribution is -0.141. The molecule has 25 heteroatoms. The van der Waals surface area contributed by atoms with Gasteiger partial charge in [0, 0.05) is 90.4 Å². The predicted octanol–water partition coefficient (Wildman–Crippen LogP) is -0.102. The summed E-state index contributed by atoms with van der Waals surface area (Å²) in [6.45, 7) is 1.59. The Morgan fingerprint density at radius 2 is 1.05 bits per heavy atom. The molecule has 0 spiro atoms. The van der Waals surface area contributed by atoms with Crippen molar-refractivity contribution in [1.82, 2.24) is 45.8 Å². The second-order valence-electron chi connectivity index (χ2n) is 18.9. The molecular formula is C51H67N9O16. The van der Waals surface area contributed by atoms with Crippen molar-refractivity contribution in [2.24, 2.45) is 0 Å². The molecule has 3 aromatic carbocycles. The third-order valence-electron chi connectivity index (χ3n) is 13.1. The summed E-state index contributed by atoms with van der Waals surface area (Å²) in [5, 5.41) is 68.5. The number of hydrogen-bond donors (Lipinski definition) is 10. The molecule has 76 heavy (non-hydrogen) atoms. The fraction of sp³-hybridized carbons (Fsp3) is 0.490. The number of rotatable bonds is 25. The van der Waals surface area contributed by atoms with Crippen LogP contribution in [0.15, 0.2) is 60.7 Å². The van der Waals surface area contributed by atoms with E-state index in [1.54, 1.807) is 37.8 Å². The van der Waals surface area contributed by atoms with Crippen LogP contribution in [0.1, 0.15) is 59.2 Å². The largest absolute Gasteiger partial charge is 0.481 e. The summed E-state index contributed by atoms with van der Waals surface area (Å²) >= 11 is 0. The molecule has 2 aliphatic rings. The topological polar surface area (TPSA) is 356 Å². The maximum atomic E-state index is 14.1. The van der Waals surface area contributed by atoms with Gasteiger partial charge in [-0.3, -0.25) is 53.2 Å². The fourth-order valence-corrected chi connectivity index (χ4v) is 8.99. The van der Waals surface area contributed by atoms with Crippen LogP contribution in [-0.4, -0.2) is 224 Å². The predicted molar refractivity (Wildman–Crippen MR) is 271 cm³/mol. The van der Waals surface area contributed by atoms with Crippen molar-refractivity contribution in [2.45, 2.75) is 69.6 Å². The number of benzene rings is 3. The molecule has 25 nitrogen and oxygen atoms in total. The zero-order valence-electron chi connectivity index (χ0n) is 42.1. The molecule has 0 aliphatic carbocycles. The van der Waals surface area contributed by atoms with Crippen molar-refractivity contribution in [3.63, 3.8) is 0 Å². The highest BCUT2D eigenvalue weighted by Gasteiger charge is 2.29. The average Bonchev–Trinajstić information content (AvgIpc) is 3.36. The van der Waals surface area contributed by atoms with Crippen molar-refractivity contribution in [2.75, 3.05) is 91.6 Å². The lowest BCUT2D eigenvalue weighted by Crippen LogP contribution is -2.51. The number of aliphatic carboxylic acids is 6. The number of fused-ring (bicyclic) bond motifs is 2. The van der Waals surface area contributed by atoms with Crippen LogP contribution in [0.2, 0.25) is 0 Å². The van der Waals surface area contributed by atoms with Crippen molar-refractivity contribution < 1.29 is 78.6 Å². The first kappa shape index (κ1) is 59.1. The average molecular weight is 1060 g/mol. The molecule has 0 aromatic heterocycles. The van der Waals surface area contributed by atoms with E-state index < -0.39 is 84.6 Å². The monoisotopic (exact) mass is 1060 g/mol. The van der Waals surface area contributed by atoms with Crippen molar-refractivity contribution >= 4 is 70.3 Å². The van der Waals surface area contributed by atoms with Crippen LogP contribution in [0.4, 0.5) is 4.79 Å². The highest BCUT2D eigenvalue weighted by atomic mass is 16.4. The molecule has 412 valence electrons. The number of hydrogen-bond acceptors (Lipinski definition) is 14. The lowest BCUT2D eigenvalue weighted by atomic mass is 9.96. The summed E-state index contributed by atoms with van der Waals surface area (Å²) in [5.41, 5.74) is 2.63. The smallest absolute Gasteiger partial charge is 0.326 e. The summed E-state index contributed by atoms with van der Waals surface area (Å²) in [4.78, 5) is 132. The van der Waals surface area contributed by atoms with Crippen molar-refractivity contribution in [1.29, 1.82) is 0 Å². The summed E-state index contributed by atoms with van der Waals surface area (Å²) in [5.74, 6) is -8.68. The molecule has 10 N–H and O–H groups in total. The Balaban J connectivity index is 1.23. The first-order valence-electron chi connectivity index (χ1n) is 25.0.